The van der Waals surface area contributed by atoms with Crippen LogP contribution in [0.3, 0.4) is 0 Å². The standard InChI is InChI=1S/C20H17Cl2F3N2S2.HNO3/c21-18-6-1-14(9-19(18)22)11-28-17(10-27-8-7-26-13-27)12-29-16-4-2-15(3-5-16)20(23,24)25;2-1(3)4/h1-9,13,17H,10-12H2;(H,2,3,4). The van der Waals surface area contributed by atoms with Gasteiger partial charge >= 0.3 is 6.18 Å². The summed E-state index contributed by atoms with van der Waals surface area (Å²) in [5.74, 6) is 1.50. The Labute approximate surface area is 206 Å². The summed E-state index contributed by atoms with van der Waals surface area (Å²) in [7, 11) is 0. The van der Waals surface area contributed by atoms with Crippen LogP contribution in [-0.2, 0) is 18.5 Å². The van der Waals surface area contributed by atoms with Gasteiger partial charge in [0.2, 0.25) is 0 Å². The summed E-state index contributed by atoms with van der Waals surface area (Å²) >= 11 is 15.4. The first-order valence-electron chi connectivity index (χ1n) is 9.19. The van der Waals surface area contributed by atoms with Crippen LogP contribution < -0.4 is 0 Å². The fourth-order valence-corrected chi connectivity index (χ4v) is 5.16. The molecule has 3 rings (SSSR count). The third kappa shape index (κ3) is 10.2. The van der Waals surface area contributed by atoms with Crippen molar-refractivity contribution < 1.29 is 23.5 Å². The molecule has 0 radical (unpaired) electrons. The highest BCUT2D eigenvalue weighted by molar-refractivity contribution is 8.03. The van der Waals surface area contributed by atoms with E-state index in [1.54, 1.807) is 42.1 Å². The Morgan fingerprint density at radius 3 is 2.36 bits per heavy atom. The van der Waals surface area contributed by atoms with Crippen LogP contribution in [0, 0.1) is 10.1 Å². The number of thioether (sulfide) groups is 2. The molecule has 0 spiro atoms. The smallest absolute Gasteiger partial charge is 0.336 e. The molecule has 33 heavy (non-hydrogen) atoms. The van der Waals surface area contributed by atoms with E-state index in [0.29, 0.717) is 10.0 Å². The van der Waals surface area contributed by atoms with Crippen molar-refractivity contribution in [3.63, 3.8) is 0 Å². The molecule has 0 amide bonds. The minimum Gasteiger partial charge on any atom is -0.336 e. The van der Waals surface area contributed by atoms with E-state index in [2.05, 4.69) is 4.98 Å². The van der Waals surface area contributed by atoms with Gasteiger partial charge in [-0.2, -0.15) is 24.9 Å². The van der Waals surface area contributed by atoms with E-state index in [1.165, 1.54) is 12.1 Å². The van der Waals surface area contributed by atoms with E-state index >= 15 is 0 Å². The quantitative estimate of drug-likeness (QED) is 0.189. The van der Waals surface area contributed by atoms with Crippen molar-refractivity contribution in [1.82, 2.24) is 9.55 Å². The Hall–Kier alpha value is -2.08. The van der Waals surface area contributed by atoms with Gasteiger partial charge in [-0.25, -0.2) is 4.98 Å². The molecule has 3 aromatic rings. The third-order valence-corrected chi connectivity index (χ3v) is 7.47. The molecule has 0 saturated carbocycles. The number of halogens is 5. The summed E-state index contributed by atoms with van der Waals surface area (Å²) in [6.45, 7) is 0.750. The summed E-state index contributed by atoms with van der Waals surface area (Å²) < 4.78 is 40.2. The first-order chi connectivity index (χ1) is 15.5. The summed E-state index contributed by atoms with van der Waals surface area (Å²) in [4.78, 5) is 13.2. The Kier molecular flexibility index (Phi) is 10.7. The molecule has 0 aliphatic rings. The maximum Gasteiger partial charge on any atom is 0.416 e. The Balaban J connectivity index is 0.000000890. The van der Waals surface area contributed by atoms with Gasteiger partial charge in [0.1, 0.15) is 0 Å². The molecule has 1 aromatic heterocycles. The van der Waals surface area contributed by atoms with Crippen molar-refractivity contribution in [2.24, 2.45) is 0 Å². The fourth-order valence-electron chi connectivity index (χ4n) is 2.56. The first kappa shape index (κ1) is 27.2. The second-order valence-corrected chi connectivity index (χ2v) is 9.71. The molecule has 0 aliphatic heterocycles. The Morgan fingerprint density at radius 1 is 1.15 bits per heavy atom. The topological polar surface area (TPSA) is 81.2 Å². The highest BCUT2D eigenvalue weighted by Crippen LogP contribution is 2.32. The highest BCUT2D eigenvalue weighted by atomic mass is 35.5. The van der Waals surface area contributed by atoms with E-state index in [9.17, 15) is 13.2 Å². The lowest BCUT2D eigenvalue weighted by Gasteiger charge is -2.17. The maximum atomic E-state index is 12.7. The predicted molar refractivity (Wildman–Crippen MR) is 125 cm³/mol. The molecule has 0 aliphatic carbocycles. The molecule has 13 heteroatoms. The van der Waals surface area contributed by atoms with Crippen LogP contribution in [0.25, 0.3) is 0 Å². The second-order valence-electron chi connectivity index (χ2n) is 6.51. The first-order valence-corrected chi connectivity index (χ1v) is 12.0. The van der Waals surface area contributed by atoms with Crippen molar-refractivity contribution in [2.45, 2.75) is 28.6 Å². The van der Waals surface area contributed by atoms with Crippen molar-refractivity contribution in [3.8, 4) is 0 Å². The molecule has 178 valence electrons. The van der Waals surface area contributed by atoms with E-state index in [4.69, 9.17) is 38.5 Å². The van der Waals surface area contributed by atoms with E-state index in [0.717, 1.165) is 40.6 Å². The van der Waals surface area contributed by atoms with Gasteiger partial charge in [0.15, 0.2) is 0 Å². The number of benzene rings is 2. The zero-order valence-corrected chi connectivity index (χ0v) is 19.9. The van der Waals surface area contributed by atoms with Crippen LogP contribution in [0.15, 0.2) is 66.1 Å². The van der Waals surface area contributed by atoms with Gasteiger partial charge in [0.05, 0.1) is 21.9 Å². The predicted octanol–water partition coefficient (Wildman–Crippen LogP) is 6.96. The van der Waals surface area contributed by atoms with Gasteiger partial charge in [0.25, 0.3) is 5.09 Å². The van der Waals surface area contributed by atoms with Gasteiger partial charge in [-0.05, 0) is 42.0 Å². The normalized spacial score (nSPS) is 12.0. The molecule has 1 N–H and O–H groups in total. The summed E-state index contributed by atoms with van der Waals surface area (Å²) in [6, 6.07) is 10.9. The van der Waals surface area contributed by atoms with Crippen molar-refractivity contribution in [2.75, 3.05) is 5.75 Å². The lowest BCUT2D eigenvalue weighted by molar-refractivity contribution is -0.742. The van der Waals surface area contributed by atoms with E-state index in [1.807, 2.05) is 22.9 Å². The summed E-state index contributed by atoms with van der Waals surface area (Å²) in [5.41, 5.74) is 0.436. The monoisotopic (exact) mass is 539 g/mol. The van der Waals surface area contributed by atoms with Crippen LogP contribution in [-0.4, -0.2) is 30.8 Å². The zero-order valence-electron chi connectivity index (χ0n) is 16.8. The van der Waals surface area contributed by atoms with Gasteiger partial charge in [0, 0.05) is 40.6 Å². The number of imidazole rings is 1. The number of alkyl halides is 3. The lowest BCUT2D eigenvalue weighted by atomic mass is 10.2. The molecule has 0 fully saturated rings. The molecular weight excluding hydrogens is 522 g/mol. The highest BCUT2D eigenvalue weighted by Gasteiger charge is 2.30. The van der Waals surface area contributed by atoms with Crippen molar-refractivity contribution >= 4 is 46.7 Å². The largest absolute Gasteiger partial charge is 0.416 e. The van der Waals surface area contributed by atoms with Gasteiger partial charge in [-0.15, -0.1) is 21.9 Å². The fraction of sp³-hybridized carbons (Fsp3) is 0.250. The molecule has 1 atom stereocenters. The van der Waals surface area contributed by atoms with Crippen LogP contribution in [0.2, 0.25) is 10.0 Å². The molecule has 0 bridgehead atoms. The Bertz CT molecular complexity index is 1020. The third-order valence-electron chi connectivity index (χ3n) is 4.06. The number of rotatable bonds is 8. The van der Waals surface area contributed by atoms with E-state index < -0.39 is 16.8 Å². The Morgan fingerprint density at radius 2 is 1.82 bits per heavy atom. The van der Waals surface area contributed by atoms with Gasteiger partial charge in [-0.1, -0.05) is 29.3 Å². The SMILES string of the molecule is FC(F)(F)c1ccc(SCC(Cn2ccnc2)SCc2ccc(Cl)c(Cl)c2)cc1.O=[N+]([O-])O. The number of hydrogen-bond donors (Lipinski definition) is 1. The number of aromatic nitrogens is 2. The molecule has 2 aromatic carbocycles. The molecule has 6 nitrogen and oxygen atoms in total. The van der Waals surface area contributed by atoms with Crippen molar-refractivity contribution in [1.29, 1.82) is 0 Å². The van der Waals surface area contributed by atoms with Crippen LogP contribution in [0.1, 0.15) is 11.1 Å². The van der Waals surface area contributed by atoms with Crippen LogP contribution >= 0.6 is 46.7 Å². The molecular formula is C20H18Cl2F3N3O3S2. The molecule has 1 unspecified atom stereocenters. The summed E-state index contributed by atoms with van der Waals surface area (Å²) in [6.07, 6.45) is 1.07. The van der Waals surface area contributed by atoms with Gasteiger partial charge in [-0.3, -0.25) is 0 Å². The zero-order chi connectivity index (χ0) is 24.4. The lowest BCUT2D eigenvalue weighted by Crippen LogP contribution is -2.15. The summed E-state index contributed by atoms with van der Waals surface area (Å²) in [5, 5.41) is 14.9. The number of nitrogens with zero attached hydrogens (tertiary/aromatic N) is 3. The number of hydrogen-bond acceptors (Lipinski definition) is 5. The average molecular weight is 540 g/mol. The van der Waals surface area contributed by atoms with Crippen LogP contribution in [0.4, 0.5) is 13.2 Å². The second kappa shape index (κ2) is 13.0. The van der Waals surface area contributed by atoms with Crippen LogP contribution in [0.5, 0.6) is 0 Å². The van der Waals surface area contributed by atoms with Gasteiger partial charge < -0.3 is 9.77 Å². The molecule has 1 heterocycles. The average Bonchev–Trinajstić information content (AvgIpc) is 3.25. The molecule has 0 saturated heterocycles. The maximum absolute atomic E-state index is 12.7. The minimum atomic E-state index is -4.32. The van der Waals surface area contributed by atoms with E-state index in [-0.39, 0.29) is 5.25 Å². The minimum absolute atomic E-state index is 0.228. The van der Waals surface area contributed by atoms with Crippen molar-refractivity contribution in [3.05, 3.63) is 92.5 Å².